The number of carbonyl (C=O) groups excluding carboxylic acids is 2. The van der Waals surface area contributed by atoms with Crippen LogP contribution in [0.25, 0.3) is 0 Å². The Morgan fingerprint density at radius 2 is 1.54 bits per heavy atom. The molecule has 5 nitrogen and oxygen atoms in total. The van der Waals surface area contributed by atoms with Gasteiger partial charge < -0.3 is 15.1 Å². The third-order valence-electron chi connectivity index (χ3n) is 4.70. The first-order valence-corrected chi connectivity index (χ1v) is 9.68. The Labute approximate surface area is 173 Å². The number of carbonyl (C=O) groups is 2. The van der Waals surface area contributed by atoms with Gasteiger partial charge in [0.1, 0.15) is 5.82 Å². The molecule has 0 radical (unpaired) electrons. The quantitative estimate of drug-likeness (QED) is 0.814. The zero-order chi connectivity index (χ0) is 20.1. The summed E-state index contributed by atoms with van der Waals surface area (Å²) in [5.74, 6) is -0.528. The van der Waals surface area contributed by atoms with Gasteiger partial charge in [-0.1, -0.05) is 47.5 Å². The topological polar surface area (TPSA) is 52.7 Å². The molecule has 3 rings (SSSR count). The van der Waals surface area contributed by atoms with Gasteiger partial charge in [-0.2, -0.15) is 0 Å². The minimum Gasteiger partial charge on any atom is -0.339 e. The molecule has 0 unspecified atom stereocenters. The standard InChI is InChI=1S/C20H20Cl2FN3O2/c21-16-5-3-6-17(22)15(16)13-24-20(28)26-10-8-25(9-11-26)19(27)12-14-4-1-2-7-18(14)23/h1-7H,8-13H2,(H,24,28). The summed E-state index contributed by atoms with van der Waals surface area (Å²) in [6, 6.07) is 11.2. The van der Waals surface area contributed by atoms with E-state index in [4.69, 9.17) is 23.2 Å². The van der Waals surface area contributed by atoms with Crippen molar-refractivity contribution in [3.8, 4) is 0 Å². The Morgan fingerprint density at radius 1 is 0.929 bits per heavy atom. The largest absolute Gasteiger partial charge is 0.339 e. The van der Waals surface area contributed by atoms with E-state index in [0.29, 0.717) is 47.4 Å². The Balaban J connectivity index is 1.48. The fourth-order valence-electron chi connectivity index (χ4n) is 3.05. The van der Waals surface area contributed by atoms with Crippen molar-refractivity contribution in [2.45, 2.75) is 13.0 Å². The van der Waals surface area contributed by atoms with Gasteiger partial charge in [-0.05, 0) is 23.8 Å². The van der Waals surface area contributed by atoms with Gasteiger partial charge in [0, 0.05) is 48.3 Å². The first-order valence-electron chi connectivity index (χ1n) is 8.92. The average molecular weight is 424 g/mol. The van der Waals surface area contributed by atoms with Crippen LogP contribution in [0.1, 0.15) is 11.1 Å². The second-order valence-electron chi connectivity index (χ2n) is 6.49. The summed E-state index contributed by atoms with van der Waals surface area (Å²) in [4.78, 5) is 28.1. The second-order valence-corrected chi connectivity index (χ2v) is 7.31. The van der Waals surface area contributed by atoms with Crippen molar-refractivity contribution in [2.75, 3.05) is 26.2 Å². The molecule has 1 fully saturated rings. The molecule has 3 amide bonds. The summed E-state index contributed by atoms with van der Waals surface area (Å²) in [6.07, 6.45) is 0.0177. The van der Waals surface area contributed by atoms with E-state index in [1.54, 1.807) is 46.2 Å². The molecule has 0 spiro atoms. The van der Waals surface area contributed by atoms with Crippen LogP contribution in [-0.4, -0.2) is 47.9 Å². The van der Waals surface area contributed by atoms with Crippen molar-refractivity contribution in [1.29, 1.82) is 0 Å². The number of benzene rings is 2. The number of nitrogens with zero attached hydrogens (tertiary/aromatic N) is 2. The lowest BCUT2D eigenvalue weighted by Crippen LogP contribution is -2.53. The Morgan fingerprint density at radius 3 is 2.18 bits per heavy atom. The molecule has 148 valence electrons. The summed E-state index contributed by atoms with van der Waals surface area (Å²) in [5, 5.41) is 3.80. The molecular formula is C20H20Cl2FN3O2. The number of amides is 3. The average Bonchev–Trinajstić information content (AvgIpc) is 2.69. The van der Waals surface area contributed by atoms with Crippen LogP contribution in [0.2, 0.25) is 10.0 Å². The van der Waals surface area contributed by atoms with E-state index in [1.165, 1.54) is 6.07 Å². The highest BCUT2D eigenvalue weighted by molar-refractivity contribution is 6.36. The molecule has 1 N–H and O–H groups in total. The zero-order valence-corrected chi connectivity index (χ0v) is 16.6. The number of rotatable bonds is 4. The molecule has 1 heterocycles. The van der Waals surface area contributed by atoms with E-state index in [9.17, 15) is 14.0 Å². The molecule has 0 bridgehead atoms. The first kappa shape index (κ1) is 20.4. The van der Waals surface area contributed by atoms with Gasteiger partial charge in [0.2, 0.25) is 5.91 Å². The lowest BCUT2D eigenvalue weighted by atomic mass is 10.1. The van der Waals surface area contributed by atoms with Crippen LogP contribution < -0.4 is 5.32 Å². The predicted molar refractivity (Wildman–Crippen MR) is 107 cm³/mol. The van der Waals surface area contributed by atoms with Crippen LogP contribution in [0, 0.1) is 5.82 Å². The lowest BCUT2D eigenvalue weighted by molar-refractivity contribution is -0.131. The van der Waals surface area contributed by atoms with E-state index in [0.717, 1.165) is 0 Å². The van der Waals surface area contributed by atoms with Gasteiger partial charge in [0.05, 0.1) is 6.42 Å². The van der Waals surface area contributed by atoms with E-state index >= 15 is 0 Å². The smallest absolute Gasteiger partial charge is 0.317 e. The first-order chi connectivity index (χ1) is 13.5. The van der Waals surface area contributed by atoms with E-state index in [-0.39, 0.29) is 30.7 Å². The molecular weight excluding hydrogens is 404 g/mol. The SMILES string of the molecule is O=C(Cc1ccccc1F)N1CCN(C(=O)NCc2c(Cl)cccc2Cl)CC1. The molecule has 0 atom stereocenters. The minimum absolute atomic E-state index is 0.0177. The van der Waals surface area contributed by atoms with Crippen molar-refractivity contribution in [1.82, 2.24) is 15.1 Å². The van der Waals surface area contributed by atoms with Crippen LogP contribution in [0.4, 0.5) is 9.18 Å². The van der Waals surface area contributed by atoms with Crippen molar-refractivity contribution in [3.63, 3.8) is 0 Å². The van der Waals surface area contributed by atoms with Crippen molar-refractivity contribution in [3.05, 3.63) is 69.5 Å². The maximum Gasteiger partial charge on any atom is 0.317 e. The van der Waals surface area contributed by atoms with E-state index < -0.39 is 0 Å². The third kappa shape index (κ3) is 4.94. The number of halogens is 3. The van der Waals surface area contributed by atoms with Crippen LogP contribution in [-0.2, 0) is 17.8 Å². The molecule has 1 aliphatic heterocycles. The van der Waals surface area contributed by atoms with Gasteiger partial charge in [0.15, 0.2) is 0 Å². The molecule has 1 saturated heterocycles. The van der Waals surface area contributed by atoms with Crippen LogP contribution >= 0.6 is 23.2 Å². The second kappa shape index (κ2) is 9.26. The van der Waals surface area contributed by atoms with Crippen molar-refractivity contribution < 1.29 is 14.0 Å². The molecule has 0 saturated carbocycles. The highest BCUT2D eigenvalue weighted by Gasteiger charge is 2.24. The van der Waals surface area contributed by atoms with Gasteiger partial charge in [-0.3, -0.25) is 4.79 Å². The maximum absolute atomic E-state index is 13.7. The molecule has 0 aromatic heterocycles. The maximum atomic E-state index is 13.7. The van der Waals surface area contributed by atoms with Crippen LogP contribution in [0.3, 0.4) is 0 Å². The van der Waals surface area contributed by atoms with E-state index in [2.05, 4.69) is 5.32 Å². The predicted octanol–water partition coefficient (Wildman–Crippen LogP) is 3.73. The fourth-order valence-corrected chi connectivity index (χ4v) is 3.58. The van der Waals surface area contributed by atoms with E-state index in [1.807, 2.05) is 0 Å². The van der Waals surface area contributed by atoms with Gasteiger partial charge >= 0.3 is 6.03 Å². The summed E-state index contributed by atoms with van der Waals surface area (Å²) < 4.78 is 13.7. The van der Waals surface area contributed by atoms with Crippen LogP contribution in [0.5, 0.6) is 0 Å². The molecule has 1 aliphatic rings. The molecule has 0 aliphatic carbocycles. The Hall–Kier alpha value is -2.31. The summed E-state index contributed by atoms with van der Waals surface area (Å²) in [5.41, 5.74) is 1.04. The summed E-state index contributed by atoms with van der Waals surface area (Å²) in [6.45, 7) is 1.86. The minimum atomic E-state index is -0.382. The number of nitrogens with one attached hydrogen (secondary N) is 1. The third-order valence-corrected chi connectivity index (χ3v) is 5.41. The Bertz CT molecular complexity index is 850. The molecule has 8 heteroatoms. The number of piperazine rings is 1. The highest BCUT2D eigenvalue weighted by Crippen LogP contribution is 2.24. The van der Waals surface area contributed by atoms with Crippen molar-refractivity contribution in [2.24, 2.45) is 0 Å². The molecule has 2 aromatic rings. The fraction of sp³-hybridized carbons (Fsp3) is 0.300. The number of hydrogen-bond donors (Lipinski definition) is 1. The van der Waals surface area contributed by atoms with Gasteiger partial charge in [-0.25, -0.2) is 9.18 Å². The molecule has 28 heavy (non-hydrogen) atoms. The molecule has 2 aromatic carbocycles. The monoisotopic (exact) mass is 423 g/mol. The van der Waals surface area contributed by atoms with Gasteiger partial charge in [0.25, 0.3) is 0 Å². The zero-order valence-electron chi connectivity index (χ0n) is 15.1. The normalized spacial score (nSPS) is 14.1. The summed E-state index contributed by atoms with van der Waals surface area (Å²) in [7, 11) is 0. The van der Waals surface area contributed by atoms with Crippen LogP contribution in [0.15, 0.2) is 42.5 Å². The van der Waals surface area contributed by atoms with Gasteiger partial charge in [-0.15, -0.1) is 0 Å². The number of hydrogen-bond acceptors (Lipinski definition) is 2. The highest BCUT2D eigenvalue weighted by atomic mass is 35.5. The van der Waals surface area contributed by atoms with Crippen molar-refractivity contribution >= 4 is 35.1 Å². The Kier molecular flexibility index (Phi) is 6.75. The lowest BCUT2D eigenvalue weighted by Gasteiger charge is -2.34. The number of urea groups is 1. The summed E-state index contributed by atoms with van der Waals surface area (Å²) >= 11 is 12.2.